The van der Waals surface area contributed by atoms with E-state index in [1.165, 1.54) is 0 Å². The summed E-state index contributed by atoms with van der Waals surface area (Å²) in [6.07, 6.45) is 0.403. The summed E-state index contributed by atoms with van der Waals surface area (Å²) in [6, 6.07) is 0. The lowest BCUT2D eigenvalue weighted by molar-refractivity contribution is 0.0277. The molecule has 1 rings (SSSR count). The molecular weight excluding hydrogens is 163 g/mol. The van der Waals surface area contributed by atoms with Crippen LogP contribution in [0.25, 0.3) is 0 Å². The Bertz CT molecular complexity index is 160. The van der Waals surface area contributed by atoms with Crippen LogP contribution < -0.4 is 0 Å². The van der Waals surface area contributed by atoms with E-state index in [-0.39, 0.29) is 0 Å². The molecule has 0 aliphatic carbocycles. The lowest BCUT2D eigenvalue weighted by atomic mass is 10.1. The summed E-state index contributed by atoms with van der Waals surface area (Å²) < 4.78 is 21.5. The number of unbranched alkanes of at least 4 members (excludes halogenated alkanes) is 2. The zero-order valence-electron chi connectivity index (χ0n) is 7.09. The van der Waals surface area contributed by atoms with E-state index < -0.39 is 18.6 Å². The van der Waals surface area contributed by atoms with Gasteiger partial charge < -0.3 is 9.47 Å². The number of carbonyl (C=O) groups is 1. The Balaban J connectivity index is 2.19. The average molecular weight is 176 g/mol. The summed E-state index contributed by atoms with van der Waals surface area (Å²) in [5.41, 5.74) is 0. The van der Waals surface area contributed by atoms with E-state index in [4.69, 9.17) is 0 Å². The Morgan fingerprint density at radius 2 is 2.17 bits per heavy atom. The number of ether oxygens (including phenoxy) is 2. The number of carbonyl (C=O) groups excluding carboxylic acids is 1. The van der Waals surface area contributed by atoms with Gasteiger partial charge in [-0.15, -0.1) is 0 Å². The van der Waals surface area contributed by atoms with Crippen LogP contribution in [0.1, 0.15) is 32.6 Å². The van der Waals surface area contributed by atoms with Gasteiger partial charge in [-0.2, -0.15) is 4.39 Å². The molecule has 12 heavy (non-hydrogen) atoms. The fraction of sp³-hybridized carbons (Fsp3) is 0.875. The third-order valence-corrected chi connectivity index (χ3v) is 1.84. The van der Waals surface area contributed by atoms with Crippen molar-refractivity contribution >= 4 is 6.16 Å². The molecule has 0 amide bonds. The lowest BCUT2D eigenvalue weighted by Crippen LogP contribution is -2.17. The summed E-state index contributed by atoms with van der Waals surface area (Å²) in [4.78, 5) is 10.4. The number of hydrogen-bond donors (Lipinski definition) is 0. The van der Waals surface area contributed by atoms with Crippen LogP contribution in [-0.4, -0.2) is 18.6 Å². The molecule has 70 valence electrons. The van der Waals surface area contributed by atoms with E-state index >= 15 is 0 Å². The number of cyclic esters (lactones) is 2. The van der Waals surface area contributed by atoms with Gasteiger partial charge in [0.15, 0.2) is 6.10 Å². The fourth-order valence-corrected chi connectivity index (χ4v) is 1.16. The van der Waals surface area contributed by atoms with Gasteiger partial charge in [0.2, 0.25) is 0 Å². The summed E-state index contributed by atoms with van der Waals surface area (Å²) in [6.45, 7) is 2.06. The Kier molecular flexibility index (Phi) is 3.31. The molecule has 0 aromatic carbocycles. The van der Waals surface area contributed by atoms with Crippen LogP contribution >= 0.6 is 0 Å². The van der Waals surface area contributed by atoms with Crippen molar-refractivity contribution in [2.75, 3.05) is 0 Å². The predicted octanol–water partition coefficient (Wildman–Crippen LogP) is 2.40. The highest BCUT2D eigenvalue weighted by Gasteiger charge is 2.35. The molecule has 0 radical (unpaired) electrons. The molecule has 0 N–H and O–H groups in total. The molecular formula is C8H13FO3. The third kappa shape index (κ3) is 2.36. The van der Waals surface area contributed by atoms with Crippen molar-refractivity contribution in [3.63, 3.8) is 0 Å². The average Bonchev–Trinajstić information content (AvgIpc) is 2.31. The fourth-order valence-electron chi connectivity index (χ4n) is 1.16. The van der Waals surface area contributed by atoms with Gasteiger partial charge in [-0.1, -0.05) is 19.8 Å². The van der Waals surface area contributed by atoms with E-state index in [2.05, 4.69) is 16.4 Å². The molecule has 1 aliphatic heterocycles. The molecule has 0 bridgehead atoms. The molecule has 0 saturated carbocycles. The number of hydrogen-bond acceptors (Lipinski definition) is 3. The Labute approximate surface area is 70.8 Å². The van der Waals surface area contributed by atoms with Crippen molar-refractivity contribution in [2.24, 2.45) is 0 Å². The molecule has 0 spiro atoms. The molecule has 1 fully saturated rings. The largest absolute Gasteiger partial charge is 0.511 e. The van der Waals surface area contributed by atoms with E-state index in [1.54, 1.807) is 0 Å². The zero-order chi connectivity index (χ0) is 8.97. The van der Waals surface area contributed by atoms with Gasteiger partial charge in [0.05, 0.1) is 0 Å². The first-order valence-corrected chi connectivity index (χ1v) is 4.25. The van der Waals surface area contributed by atoms with Gasteiger partial charge in [-0.3, -0.25) is 0 Å². The smallest absolute Gasteiger partial charge is 0.424 e. The highest BCUT2D eigenvalue weighted by molar-refractivity contribution is 5.62. The second-order valence-electron chi connectivity index (χ2n) is 2.87. The van der Waals surface area contributed by atoms with E-state index in [0.29, 0.717) is 6.42 Å². The van der Waals surface area contributed by atoms with Crippen molar-refractivity contribution in [1.82, 2.24) is 0 Å². The van der Waals surface area contributed by atoms with Gasteiger partial charge in [0.25, 0.3) is 6.36 Å². The number of halogens is 1. The Hall–Kier alpha value is -0.800. The quantitative estimate of drug-likeness (QED) is 0.487. The topological polar surface area (TPSA) is 35.5 Å². The highest BCUT2D eigenvalue weighted by atomic mass is 19.1. The minimum absolute atomic E-state index is 0.556. The van der Waals surface area contributed by atoms with Crippen LogP contribution in [0.3, 0.4) is 0 Å². The van der Waals surface area contributed by atoms with Gasteiger partial charge >= 0.3 is 6.16 Å². The van der Waals surface area contributed by atoms with E-state index in [0.717, 1.165) is 19.3 Å². The summed E-state index contributed by atoms with van der Waals surface area (Å²) in [5.74, 6) is 0. The molecule has 1 saturated heterocycles. The van der Waals surface area contributed by atoms with Gasteiger partial charge in [0.1, 0.15) is 0 Å². The van der Waals surface area contributed by atoms with Gasteiger partial charge in [-0.25, -0.2) is 4.79 Å². The molecule has 3 nitrogen and oxygen atoms in total. The molecule has 0 aromatic heterocycles. The van der Waals surface area contributed by atoms with Gasteiger partial charge in [-0.05, 0) is 12.8 Å². The minimum atomic E-state index is -1.56. The van der Waals surface area contributed by atoms with Crippen molar-refractivity contribution < 1.29 is 18.7 Å². The molecule has 1 aliphatic rings. The number of rotatable bonds is 4. The zero-order valence-corrected chi connectivity index (χ0v) is 7.09. The Morgan fingerprint density at radius 3 is 2.67 bits per heavy atom. The van der Waals surface area contributed by atoms with Crippen molar-refractivity contribution in [2.45, 2.75) is 45.1 Å². The molecule has 2 unspecified atom stereocenters. The predicted molar refractivity (Wildman–Crippen MR) is 40.4 cm³/mol. The summed E-state index contributed by atoms with van der Waals surface area (Å²) >= 11 is 0. The summed E-state index contributed by atoms with van der Waals surface area (Å²) in [5, 5.41) is 0. The molecule has 1 heterocycles. The maximum atomic E-state index is 12.7. The molecule has 4 heteroatoms. The van der Waals surface area contributed by atoms with Crippen molar-refractivity contribution in [1.29, 1.82) is 0 Å². The monoisotopic (exact) mass is 176 g/mol. The normalized spacial score (nSPS) is 28.3. The molecule has 2 atom stereocenters. The summed E-state index contributed by atoms with van der Waals surface area (Å²) in [7, 11) is 0. The van der Waals surface area contributed by atoms with E-state index in [9.17, 15) is 9.18 Å². The SMILES string of the molecule is CCCCCC1OC(=O)OC1F. The van der Waals surface area contributed by atoms with Crippen molar-refractivity contribution in [3.8, 4) is 0 Å². The first kappa shape index (κ1) is 9.29. The van der Waals surface area contributed by atoms with Crippen LogP contribution in [0.4, 0.5) is 9.18 Å². The maximum absolute atomic E-state index is 12.7. The van der Waals surface area contributed by atoms with Crippen LogP contribution in [0.2, 0.25) is 0 Å². The van der Waals surface area contributed by atoms with Gasteiger partial charge in [0, 0.05) is 0 Å². The highest BCUT2D eigenvalue weighted by Crippen LogP contribution is 2.21. The third-order valence-electron chi connectivity index (χ3n) is 1.84. The first-order valence-electron chi connectivity index (χ1n) is 4.25. The maximum Gasteiger partial charge on any atom is 0.511 e. The van der Waals surface area contributed by atoms with Crippen molar-refractivity contribution in [3.05, 3.63) is 0 Å². The Morgan fingerprint density at radius 1 is 1.42 bits per heavy atom. The first-order chi connectivity index (χ1) is 5.74. The van der Waals surface area contributed by atoms with E-state index in [1.807, 2.05) is 0 Å². The second kappa shape index (κ2) is 4.28. The minimum Gasteiger partial charge on any atom is -0.424 e. The van der Waals surface area contributed by atoms with Crippen LogP contribution in [0.5, 0.6) is 0 Å². The number of alkyl halides is 1. The molecule has 0 aromatic rings. The lowest BCUT2D eigenvalue weighted by Gasteiger charge is -2.06. The standard InChI is InChI=1S/C8H13FO3/c1-2-3-4-5-6-7(9)12-8(10)11-6/h6-7H,2-5H2,1H3. The second-order valence-corrected chi connectivity index (χ2v) is 2.87. The van der Waals surface area contributed by atoms with Crippen LogP contribution in [0.15, 0.2) is 0 Å². The van der Waals surface area contributed by atoms with Crippen LogP contribution in [0, 0.1) is 0 Å². The van der Waals surface area contributed by atoms with Crippen LogP contribution in [-0.2, 0) is 9.47 Å².